The third kappa shape index (κ3) is 2.80. The Bertz CT molecular complexity index is 709. The Labute approximate surface area is 125 Å². The molecule has 0 bridgehead atoms. The fourth-order valence-electron chi connectivity index (χ4n) is 2.35. The lowest BCUT2D eigenvalue weighted by molar-refractivity contribution is 0.0788. The summed E-state index contributed by atoms with van der Waals surface area (Å²) in [5, 5.41) is 12.4. The van der Waals surface area contributed by atoms with Gasteiger partial charge in [0.15, 0.2) is 11.5 Å². The third-order valence-electron chi connectivity index (χ3n) is 3.46. The molecule has 2 aromatic rings. The number of amides is 2. The van der Waals surface area contributed by atoms with E-state index in [1.807, 2.05) is 0 Å². The van der Waals surface area contributed by atoms with E-state index in [0.29, 0.717) is 13.1 Å². The van der Waals surface area contributed by atoms with E-state index in [1.54, 1.807) is 4.90 Å². The van der Waals surface area contributed by atoms with E-state index in [9.17, 15) is 14.0 Å². The van der Waals surface area contributed by atoms with Crippen LogP contribution in [0.3, 0.4) is 0 Å². The molecule has 0 spiro atoms. The lowest BCUT2D eigenvalue weighted by Crippen LogP contribution is -2.29. The molecular weight excluding hydrogens is 289 g/mol. The molecule has 0 aliphatic carbocycles. The normalized spacial score (nSPS) is 14.1. The van der Waals surface area contributed by atoms with Crippen LogP contribution >= 0.6 is 0 Å². The van der Waals surface area contributed by atoms with Gasteiger partial charge in [0, 0.05) is 18.7 Å². The molecule has 0 saturated carbocycles. The van der Waals surface area contributed by atoms with E-state index < -0.39 is 11.7 Å². The third-order valence-corrected chi connectivity index (χ3v) is 3.46. The van der Waals surface area contributed by atoms with Gasteiger partial charge < -0.3 is 10.2 Å². The Balaban J connectivity index is 1.77. The average Bonchev–Trinajstić information content (AvgIpc) is 3.18. The summed E-state index contributed by atoms with van der Waals surface area (Å²) in [6, 6.07) is 5.26. The summed E-state index contributed by atoms with van der Waals surface area (Å²) >= 11 is 0. The largest absolute Gasteiger partial charge is 0.337 e. The Kier molecular flexibility index (Phi) is 3.82. The molecule has 1 fully saturated rings. The highest BCUT2D eigenvalue weighted by molar-refractivity contribution is 6.07. The van der Waals surface area contributed by atoms with Gasteiger partial charge in [-0.05, 0) is 31.0 Å². The molecule has 2 heterocycles. The van der Waals surface area contributed by atoms with Crippen LogP contribution in [0.4, 0.5) is 10.2 Å². The molecule has 2 amide bonds. The number of nitrogens with one attached hydrogen (secondary N) is 2. The van der Waals surface area contributed by atoms with Gasteiger partial charge in [-0.1, -0.05) is 6.07 Å². The zero-order valence-corrected chi connectivity index (χ0v) is 11.7. The van der Waals surface area contributed by atoms with Gasteiger partial charge in [0.1, 0.15) is 5.82 Å². The standard InChI is InChI=1S/C14H14FN5O2/c15-10-5-3-4-9(8-10)13(21)16-12-11(17-19-18-12)14(22)20-6-1-2-7-20/h3-5,8H,1-2,6-7H2,(H2,16,17,18,19,21). The number of nitrogens with zero attached hydrogens (tertiary/aromatic N) is 3. The van der Waals surface area contributed by atoms with Crippen molar-refractivity contribution in [3.8, 4) is 0 Å². The number of H-pyrrole nitrogens is 1. The van der Waals surface area contributed by atoms with Crippen LogP contribution in [0.15, 0.2) is 24.3 Å². The lowest BCUT2D eigenvalue weighted by Gasteiger charge is -2.13. The molecule has 7 nitrogen and oxygen atoms in total. The number of hydrogen-bond donors (Lipinski definition) is 2. The highest BCUT2D eigenvalue weighted by Gasteiger charge is 2.26. The van der Waals surface area contributed by atoms with E-state index in [0.717, 1.165) is 18.9 Å². The smallest absolute Gasteiger partial charge is 0.278 e. The highest BCUT2D eigenvalue weighted by Crippen LogP contribution is 2.16. The van der Waals surface area contributed by atoms with Crippen molar-refractivity contribution in [1.82, 2.24) is 20.3 Å². The fraction of sp³-hybridized carbons (Fsp3) is 0.286. The summed E-state index contributed by atoms with van der Waals surface area (Å²) in [4.78, 5) is 26.0. The summed E-state index contributed by atoms with van der Waals surface area (Å²) < 4.78 is 13.1. The number of hydrogen-bond acceptors (Lipinski definition) is 4. The highest BCUT2D eigenvalue weighted by atomic mass is 19.1. The van der Waals surface area contributed by atoms with Crippen molar-refractivity contribution in [3.63, 3.8) is 0 Å². The molecule has 2 N–H and O–H groups in total. The Morgan fingerprint density at radius 1 is 1.23 bits per heavy atom. The minimum atomic E-state index is -0.552. The number of aromatic amines is 1. The molecule has 22 heavy (non-hydrogen) atoms. The van der Waals surface area contributed by atoms with E-state index in [2.05, 4.69) is 20.7 Å². The molecule has 1 aliphatic heterocycles. The van der Waals surface area contributed by atoms with Crippen LogP contribution in [0.1, 0.15) is 33.7 Å². The first kappa shape index (κ1) is 14.2. The first-order valence-corrected chi connectivity index (χ1v) is 6.92. The summed E-state index contributed by atoms with van der Waals surface area (Å²) in [5.74, 6) is -1.29. The second-order valence-corrected chi connectivity index (χ2v) is 4.98. The minimum Gasteiger partial charge on any atom is -0.337 e. The van der Waals surface area contributed by atoms with Crippen molar-refractivity contribution in [2.24, 2.45) is 0 Å². The Morgan fingerprint density at radius 2 is 2.00 bits per heavy atom. The molecule has 8 heteroatoms. The number of aromatic nitrogens is 3. The summed E-state index contributed by atoms with van der Waals surface area (Å²) in [7, 11) is 0. The van der Waals surface area contributed by atoms with Crippen molar-refractivity contribution in [2.75, 3.05) is 18.4 Å². The second-order valence-electron chi connectivity index (χ2n) is 4.98. The van der Waals surface area contributed by atoms with Gasteiger partial charge in [-0.3, -0.25) is 9.59 Å². The van der Waals surface area contributed by atoms with Crippen LogP contribution < -0.4 is 5.32 Å². The van der Waals surface area contributed by atoms with Crippen molar-refractivity contribution in [2.45, 2.75) is 12.8 Å². The van der Waals surface area contributed by atoms with Crippen LogP contribution in [0.25, 0.3) is 0 Å². The number of carbonyl (C=O) groups is 2. The summed E-state index contributed by atoms with van der Waals surface area (Å²) in [6.07, 6.45) is 1.91. The molecule has 0 atom stereocenters. The van der Waals surface area contributed by atoms with Crippen LogP contribution in [-0.2, 0) is 0 Å². The predicted molar refractivity (Wildman–Crippen MR) is 75.9 cm³/mol. The van der Waals surface area contributed by atoms with Crippen molar-refractivity contribution in [3.05, 3.63) is 41.3 Å². The quantitative estimate of drug-likeness (QED) is 0.897. The summed E-state index contributed by atoms with van der Waals surface area (Å²) in [5.41, 5.74) is 0.203. The van der Waals surface area contributed by atoms with Crippen molar-refractivity contribution >= 4 is 17.6 Å². The zero-order chi connectivity index (χ0) is 15.5. The Morgan fingerprint density at radius 3 is 2.73 bits per heavy atom. The second kappa shape index (κ2) is 5.92. The van der Waals surface area contributed by atoms with Crippen molar-refractivity contribution in [1.29, 1.82) is 0 Å². The van der Waals surface area contributed by atoms with Crippen LogP contribution in [0.5, 0.6) is 0 Å². The van der Waals surface area contributed by atoms with Gasteiger partial charge in [-0.25, -0.2) is 4.39 Å². The van der Waals surface area contributed by atoms with Crippen LogP contribution in [0, 0.1) is 5.82 Å². The minimum absolute atomic E-state index is 0.0474. The number of anilines is 1. The van der Waals surface area contributed by atoms with Gasteiger partial charge in [0.05, 0.1) is 0 Å². The Hall–Kier alpha value is -2.77. The number of rotatable bonds is 3. The molecule has 0 radical (unpaired) electrons. The molecular formula is C14H14FN5O2. The molecule has 1 aromatic heterocycles. The van der Waals surface area contributed by atoms with Gasteiger partial charge in [0.2, 0.25) is 0 Å². The molecule has 1 aliphatic rings. The molecule has 0 unspecified atom stereocenters. The molecule has 3 rings (SSSR count). The van der Waals surface area contributed by atoms with Crippen LogP contribution in [-0.4, -0.2) is 45.2 Å². The van der Waals surface area contributed by atoms with Crippen LogP contribution in [0.2, 0.25) is 0 Å². The number of likely N-dealkylation sites (tertiary alicyclic amines) is 1. The summed E-state index contributed by atoms with van der Waals surface area (Å²) in [6.45, 7) is 1.34. The average molecular weight is 303 g/mol. The maximum absolute atomic E-state index is 13.1. The maximum Gasteiger partial charge on any atom is 0.278 e. The van der Waals surface area contributed by atoms with E-state index in [1.165, 1.54) is 18.2 Å². The zero-order valence-electron chi connectivity index (χ0n) is 11.7. The first-order chi connectivity index (χ1) is 10.6. The molecule has 1 saturated heterocycles. The monoisotopic (exact) mass is 303 g/mol. The lowest BCUT2D eigenvalue weighted by atomic mass is 10.2. The topological polar surface area (TPSA) is 91.0 Å². The first-order valence-electron chi connectivity index (χ1n) is 6.92. The fourth-order valence-corrected chi connectivity index (χ4v) is 2.35. The predicted octanol–water partition coefficient (Wildman–Crippen LogP) is 1.43. The van der Waals surface area contributed by atoms with E-state index >= 15 is 0 Å². The maximum atomic E-state index is 13.1. The number of benzene rings is 1. The van der Waals surface area contributed by atoms with Gasteiger partial charge in [-0.2, -0.15) is 5.21 Å². The van der Waals surface area contributed by atoms with Crippen molar-refractivity contribution < 1.29 is 14.0 Å². The molecule has 114 valence electrons. The number of halogens is 1. The van der Waals surface area contributed by atoms with E-state index in [-0.39, 0.29) is 23.0 Å². The number of carbonyl (C=O) groups excluding carboxylic acids is 2. The van der Waals surface area contributed by atoms with Gasteiger partial charge >= 0.3 is 0 Å². The SMILES string of the molecule is O=C(Nc1n[nH]nc1C(=O)N1CCCC1)c1cccc(F)c1. The molecule has 1 aromatic carbocycles. The van der Waals surface area contributed by atoms with Gasteiger partial charge in [-0.15, -0.1) is 10.2 Å². The van der Waals surface area contributed by atoms with Gasteiger partial charge in [0.25, 0.3) is 11.8 Å². The van der Waals surface area contributed by atoms with E-state index in [4.69, 9.17) is 0 Å².